The highest BCUT2D eigenvalue weighted by molar-refractivity contribution is 5.99. The van der Waals surface area contributed by atoms with Crippen molar-refractivity contribution < 1.29 is 14.4 Å². The van der Waals surface area contributed by atoms with E-state index in [2.05, 4.69) is 19.2 Å². The van der Waals surface area contributed by atoms with Gasteiger partial charge >= 0.3 is 0 Å². The lowest BCUT2D eigenvalue weighted by atomic mass is 10.1. The van der Waals surface area contributed by atoms with E-state index < -0.39 is 0 Å². The molecule has 0 aromatic heterocycles. The predicted octanol–water partition coefficient (Wildman–Crippen LogP) is 1.38. The summed E-state index contributed by atoms with van der Waals surface area (Å²) in [5.74, 6) is 0.275. The van der Waals surface area contributed by atoms with Crippen LogP contribution in [-0.2, 0) is 4.79 Å². The Kier molecular flexibility index (Phi) is 6.35. The quantitative estimate of drug-likeness (QED) is 0.801. The molecule has 0 unspecified atom stereocenters. The van der Waals surface area contributed by atoms with Crippen LogP contribution in [0.15, 0.2) is 24.3 Å². The van der Waals surface area contributed by atoms with Gasteiger partial charge < -0.3 is 15.1 Å². The molecule has 1 aromatic carbocycles. The minimum absolute atomic E-state index is 0.0996. The number of amides is 3. The minimum Gasteiger partial charge on any atom is -0.352 e. The maximum absolute atomic E-state index is 12.6. The minimum atomic E-state index is -0.156. The lowest BCUT2D eigenvalue weighted by molar-refractivity contribution is -0.119. The maximum atomic E-state index is 12.6. The van der Waals surface area contributed by atoms with E-state index in [1.807, 2.05) is 0 Å². The first kappa shape index (κ1) is 18.0. The van der Waals surface area contributed by atoms with Crippen molar-refractivity contribution in [3.63, 3.8) is 0 Å². The fourth-order valence-corrected chi connectivity index (χ4v) is 2.58. The Morgan fingerprint density at radius 1 is 1.17 bits per heavy atom. The Balaban J connectivity index is 1.97. The van der Waals surface area contributed by atoms with Crippen molar-refractivity contribution in [2.45, 2.75) is 20.3 Å². The highest BCUT2D eigenvalue weighted by atomic mass is 16.2. The summed E-state index contributed by atoms with van der Waals surface area (Å²) in [6.45, 7) is 6.97. The van der Waals surface area contributed by atoms with Crippen LogP contribution in [0, 0.1) is 5.92 Å². The summed E-state index contributed by atoms with van der Waals surface area (Å²) in [6.07, 6.45) is 1.73. The van der Waals surface area contributed by atoms with E-state index in [1.54, 1.807) is 34.1 Å². The summed E-state index contributed by atoms with van der Waals surface area (Å²) in [4.78, 5) is 38.8. The average molecular weight is 331 g/mol. The SMILES string of the molecule is CC(C)CCNC(=O)c1cccc(C(=O)N2CCN(C=O)CC2)c1. The molecular weight excluding hydrogens is 306 g/mol. The zero-order valence-electron chi connectivity index (χ0n) is 14.3. The number of nitrogens with one attached hydrogen (secondary N) is 1. The lowest BCUT2D eigenvalue weighted by Crippen LogP contribution is -2.48. The highest BCUT2D eigenvalue weighted by Crippen LogP contribution is 2.11. The van der Waals surface area contributed by atoms with Crippen LogP contribution in [0.4, 0.5) is 0 Å². The third-order valence-corrected chi connectivity index (χ3v) is 4.13. The van der Waals surface area contributed by atoms with E-state index in [0.29, 0.717) is 49.8 Å². The molecule has 0 bridgehead atoms. The monoisotopic (exact) mass is 331 g/mol. The van der Waals surface area contributed by atoms with Crippen molar-refractivity contribution in [1.29, 1.82) is 0 Å². The van der Waals surface area contributed by atoms with Crippen LogP contribution in [0.25, 0.3) is 0 Å². The molecule has 6 nitrogen and oxygen atoms in total. The average Bonchev–Trinajstić information content (AvgIpc) is 2.61. The zero-order valence-corrected chi connectivity index (χ0v) is 14.3. The van der Waals surface area contributed by atoms with Crippen LogP contribution >= 0.6 is 0 Å². The summed E-state index contributed by atoms with van der Waals surface area (Å²) >= 11 is 0. The van der Waals surface area contributed by atoms with Gasteiger partial charge in [-0.1, -0.05) is 19.9 Å². The van der Waals surface area contributed by atoms with Gasteiger partial charge in [0.15, 0.2) is 0 Å². The van der Waals surface area contributed by atoms with Crippen LogP contribution in [0.3, 0.4) is 0 Å². The van der Waals surface area contributed by atoms with E-state index in [4.69, 9.17) is 0 Å². The van der Waals surface area contributed by atoms with Crippen molar-refractivity contribution in [3.05, 3.63) is 35.4 Å². The largest absolute Gasteiger partial charge is 0.352 e. The van der Waals surface area contributed by atoms with E-state index in [-0.39, 0.29) is 11.8 Å². The number of hydrogen-bond acceptors (Lipinski definition) is 3. The number of nitrogens with zero attached hydrogens (tertiary/aromatic N) is 2. The third-order valence-electron chi connectivity index (χ3n) is 4.13. The normalized spacial score (nSPS) is 14.6. The van der Waals surface area contributed by atoms with Crippen molar-refractivity contribution in [2.24, 2.45) is 5.92 Å². The van der Waals surface area contributed by atoms with Crippen molar-refractivity contribution in [2.75, 3.05) is 32.7 Å². The van der Waals surface area contributed by atoms with Crippen LogP contribution in [0.1, 0.15) is 41.0 Å². The van der Waals surface area contributed by atoms with Crippen molar-refractivity contribution in [1.82, 2.24) is 15.1 Å². The highest BCUT2D eigenvalue weighted by Gasteiger charge is 2.21. The van der Waals surface area contributed by atoms with Crippen LogP contribution in [0.5, 0.6) is 0 Å². The lowest BCUT2D eigenvalue weighted by Gasteiger charge is -2.32. The van der Waals surface area contributed by atoms with Crippen LogP contribution in [-0.4, -0.2) is 60.7 Å². The van der Waals surface area contributed by atoms with E-state index >= 15 is 0 Å². The van der Waals surface area contributed by atoms with Gasteiger partial charge in [0.05, 0.1) is 0 Å². The van der Waals surface area contributed by atoms with Gasteiger partial charge in [-0.2, -0.15) is 0 Å². The third kappa shape index (κ3) is 4.81. The summed E-state index contributed by atoms with van der Waals surface area (Å²) in [5, 5.41) is 2.88. The molecule has 0 saturated carbocycles. The van der Waals surface area contributed by atoms with Gasteiger partial charge in [-0.25, -0.2) is 0 Å². The molecular formula is C18H25N3O3. The van der Waals surface area contributed by atoms with Gasteiger partial charge in [0.25, 0.3) is 11.8 Å². The summed E-state index contributed by atoms with van der Waals surface area (Å²) < 4.78 is 0. The first-order valence-corrected chi connectivity index (χ1v) is 8.38. The number of piperazine rings is 1. The molecule has 3 amide bonds. The molecule has 24 heavy (non-hydrogen) atoms. The van der Waals surface area contributed by atoms with Gasteiger partial charge in [-0.15, -0.1) is 0 Å². The van der Waals surface area contributed by atoms with Crippen molar-refractivity contribution in [3.8, 4) is 0 Å². The first-order chi connectivity index (χ1) is 11.5. The molecule has 130 valence electrons. The number of rotatable bonds is 6. The number of hydrogen-bond donors (Lipinski definition) is 1. The standard InChI is InChI=1S/C18H25N3O3/c1-14(2)6-7-19-17(23)15-4-3-5-16(12-15)18(24)21-10-8-20(13-22)9-11-21/h3-5,12-14H,6-11H2,1-2H3,(H,19,23). The molecule has 0 spiro atoms. The Bertz CT molecular complexity index is 593. The molecule has 1 fully saturated rings. The van der Waals surface area contributed by atoms with Gasteiger partial charge in [-0.3, -0.25) is 14.4 Å². The molecule has 1 saturated heterocycles. The predicted molar refractivity (Wildman–Crippen MR) is 91.8 cm³/mol. The van der Waals surface area contributed by atoms with Gasteiger partial charge in [0, 0.05) is 43.9 Å². The summed E-state index contributed by atoms with van der Waals surface area (Å²) in [6, 6.07) is 6.80. The maximum Gasteiger partial charge on any atom is 0.253 e. The summed E-state index contributed by atoms with van der Waals surface area (Å²) in [7, 11) is 0. The van der Waals surface area contributed by atoms with Crippen LogP contribution in [0.2, 0.25) is 0 Å². The van der Waals surface area contributed by atoms with Crippen LogP contribution < -0.4 is 5.32 Å². The molecule has 1 heterocycles. The molecule has 1 aliphatic heterocycles. The Hall–Kier alpha value is -2.37. The molecule has 0 atom stereocenters. The second-order valence-electron chi connectivity index (χ2n) is 6.45. The second kappa shape index (κ2) is 8.47. The van der Waals surface area contributed by atoms with E-state index in [1.165, 1.54) is 0 Å². The van der Waals surface area contributed by atoms with Gasteiger partial charge in [0.1, 0.15) is 0 Å². The van der Waals surface area contributed by atoms with Gasteiger partial charge in [-0.05, 0) is 30.5 Å². The molecule has 1 N–H and O–H groups in total. The molecule has 1 aliphatic rings. The molecule has 0 radical (unpaired) electrons. The molecule has 2 rings (SSSR count). The summed E-state index contributed by atoms with van der Waals surface area (Å²) in [5.41, 5.74) is 1.00. The van der Waals surface area contributed by atoms with E-state index in [0.717, 1.165) is 12.8 Å². The second-order valence-corrected chi connectivity index (χ2v) is 6.45. The Morgan fingerprint density at radius 3 is 2.46 bits per heavy atom. The first-order valence-electron chi connectivity index (χ1n) is 8.38. The smallest absolute Gasteiger partial charge is 0.253 e. The Labute approximate surface area is 142 Å². The topological polar surface area (TPSA) is 69.7 Å². The molecule has 0 aliphatic carbocycles. The number of carbonyl (C=O) groups is 3. The molecule has 1 aromatic rings. The molecule has 6 heteroatoms. The van der Waals surface area contributed by atoms with Gasteiger partial charge in [0.2, 0.25) is 6.41 Å². The Morgan fingerprint density at radius 2 is 1.83 bits per heavy atom. The zero-order chi connectivity index (χ0) is 17.5. The number of carbonyl (C=O) groups excluding carboxylic acids is 3. The number of benzene rings is 1. The van der Waals surface area contributed by atoms with Crippen molar-refractivity contribution >= 4 is 18.2 Å². The fraction of sp³-hybridized carbons (Fsp3) is 0.500. The van der Waals surface area contributed by atoms with E-state index in [9.17, 15) is 14.4 Å². The fourth-order valence-electron chi connectivity index (χ4n) is 2.58.